The highest BCUT2D eigenvalue weighted by molar-refractivity contribution is 5.54. The Hall–Kier alpha value is -1.76. The van der Waals surface area contributed by atoms with Gasteiger partial charge in [-0.15, -0.1) is 0 Å². The van der Waals surface area contributed by atoms with Crippen LogP contribution >= 0.6 is 0 Å². The summed E-state index contributed by atoms with van der Waals surface area (Å²) < 4.78 is 0. The standard InChI is InChI=1S/C13H20N4/c1-4-10(5-2)9(3)16-13-7-6-11(15)12(8-14)17-13/h6-7,9-10H,4-5,15H2,1-3H3,(H,16,17). The topological polar surface area (TPSA) is 74.7 Å². The fourth-order valence-electron chi connectivity index (χ4n) is 1.99. The number of rotatable bonds is 5. The molecule has 0 aliphatic rings. The van der Waals surface area contributed by atoms with Gasteiger partial charge in [0.1, 0.15) is 11.9 Å². The van der Waals surface area contributed by atoms with Crippen molar-refractivity contribution in [2.24, 2.45) is 5.92 Å². The minimum absolute atomic E-state index is 0.284. The number of nitrogens with one attached hydrogen (secondary N) is 1. The lowest BCUT2D eigenvalue weighted by Crippen LogP contribution is -2.25. The lowest BCUT2D eigenvalue weighted by Gasteiger charge is -2.23. The summed E-state index contributed by atoms with van der Waals surface area (Å²) >= 11 is 0. The van der Waals surface area contributed by atoms with Gasteiger partial charge in [-0.2, -0.15) is 5.26 Å². The van der Waals surface area contributed by atoms with Crippen LogP contribution < -0.4 is 11.1 Å². The summed E-state index contributed by atoms with van der Waals surface area (Å²) in [7, 11) is 0. The fraction of sp³-hybridized carbons (Fsp3) is 0.538. The van der Waals surface area contributed by atoms with Gasteiger partial charge in [-0.25, -0.2) is 4.98 Å². The van der Waals surface area contributed by atoms with Gasteiger partial charge >= 0.3 is 0 Å². The molecule has 1 aromatic rings. The zero-order valence-corrected chi connectivity index (χ0v) is 10.7. The second kappa shape index (κ2) is 6.09. The lowest BCUT2D eigenvalue weighted by atomic mass is 9.95. The normalized spacial score (nSPS) is 12.2. The van der Waals surface area contributed by atoms with E-state index in [2.05, 4.69) is 31.1 Å². The third-order valence-corrected chi connectivity index (χ3v) is 3.16. The van der Waals surface area contributed by atoms with Gasteiger partial charge in [0.15, 0.2) is 5.69 Å². The molecule has 4 nitrogen and oxygen atoms in total. The van der Waals surface area contributed by atoms with Crippen LogP contribution in [0.1, 0.15) is 39.3 Å². The third kappa shape index (κ3) is 3.35. The summed E-state index contributed by atoms with van der Waals surface area (Å²) in [6.45, 7) is 6.51. The van der Waals surface area contributed by atoms with Crippen LogP contribution in [-0.4, -0.2) is 11.0 Å². The van der Waals surface area contributed by atoms with Gasteiger partial charge in [-0.3, -0.25) is 0 Å². The van der Waals surface area contributed by atoms with Gasteiger partial charge in [0.2, 0.25) is 0 Å². The molecule has 1 atom stereocenters. The molecular formula is C13H20N4. The Balaban J connectivity index is 2.78. The molecule has 0 saturated heterocycles. The summed E-state index contributed by atoms with van der Waals surface area (Å²) in [6, 6.07) is 5.86. The largest absolute Gasteiger partial charge is 0.396 e. The molecule has 0 amide bonds. The number of aromatic nitrogens is 1. The van der Waals surface area contributed by atoms with E-state index in [1.54, 1.807) is 6.07 Å². The highest BCUT2D eigenvalue weighted by atomic mass is 15.0. The molecule has 0 bridgehead atoms. The highest BCUT2D eigenvalue weighted by Gasteiger charge is 2.14. The van der Waals surface area contributed by atoms with Gasteiger partial charge in [0, 0.05) is 6.04 Å². The molecule has 0 aliphatic heterocycles. The smallest absolute Gasteiger partial charge is 0.165 e. The van der Waals surface area contributed by atoms with E-state index in [0.717, 1.165) is 18.7 Å². The molecule has 1 unspecified atom stereocenters. The Morgan fingerprint density at radius 1 is 1.41 bits per heavy atom. The van der Waals surface area contributed by atoms with E-state index < -0.39 is 0 Å². The molecule has 0 radical (unpaired) electrons. The second-order valence-electron chi connectivity index (χ2n) is 4.26. The summed E-state index contributed by atoms with van der Waals surface area (Å²) in [5, 5.41) is 12.2. The fourth-order valence-corrected chi connectivity index (χ4v) is 1.99. The molecule has 92 valence electrons. The number of nitriles is 1. The first kappa shape index (κ1) is 13.3. The van der Waals surface area contributed by atoms with E-state index in [1.807, 2.05) is 12.1 Å². The van der Waals surface area contributed by atoms with Crippen LogP contribution in [-0.2, 0) is 0 Å². The van der Waals surface area contributed by atoms with Crippen LogP contribution in [0.25, 0.3) is 0 Å². The molecule has 0 fully saturated rings. The molecule has 1 heterocycles. The summed E-state index contributed by atoms with van der Waals surface area (Å²) in [5.41, 5.74) is 6.34. The summed E-state index contributed by atoms with van der Waals surface area (Å²) in [4.78, 5) is 4.18. The van der Waals surface area contributed by atoms with Gasteiger partial charge in [0.25, 0.3) is 0 Å². The van der Waals surface area contributed by atoms with Crippen LogP contribution in [0.4, 0.5) is 11.5 Å². The molecule has 4 heteroatoms. The first-order chi connectivity index (χ1) is 8.12. The minimum atomic E-state index is 0.284. The molecule has 0 spiro atoms. The minimum Gasteiger partial charge on any atom is -0.396 e. The van der Waals surface area contributed by atoms with Gasteiger partial charge in [-0.05, 0) is 25.0 Å². The van der Waals surface area contributed by atoms with Crippen LogP contribution in [0.5, 0.6) is 0 Å². The molecule has 0 saturated carbocycles. The molecule has 0 aliphatic carbocycles. The van der Waals surface area contributed by atoms with Gasteiger partial charge in [-0.1, -0.05) is 26.7 Å². The summed E-state index contributed by atoms with van der Waals surface area (Å²) in [6.07, 6.45) is 2.26. The van der Waals surface area contributed by atoms with Gasteiger partial charge < -0.3 is 11.1 Å². The van der Waals surface area contributed by atoms with Crippen molar-refractivity contribution >= 4 is 11.5 Å². The predicted octanol–water partition coefficient (Wildman–Crippen LogP) is 2.77. The summed E-state index contributed by atoms with van der Waals surface area (Å²) in [5.74, 6) is 1.33. The van der Waals surface area contributed by atoms with Crippen molar-refractivity contribution in [3.8, 4) is 6.07 Å². The van der Waals surface area contributed by atoms with Crippen LogP contribution in [0.2, 0.25) is 0 Å². The van der Waals surface area contributed by atoms with Crippen molar-refractivity contribution in [3.63, 3.8) is 0 Å². The van der Waals surface area contributed by atoms with Crippen molar-refractivity contribution in [1.29, 1.82) is 5.26 Å². The first-order valence-corrected chi connectivity index (χ1v) is 6.05. The number of nitrogens with two attached hydrogens (primary N) is 1. The number of nitrogen functional groups attached to an aromatic ring is 1. The predicted molar refractivity (Wildman–Crippen MR) is 70.5 cm³/mol. The van der Waals surface area contributed by atoms with Crippen molar-refractivity contribution in [2.45, 2.75) is 39.7 Å². The average Bonchev–Trinajstić information content (AvgIpc) is 2.33. The van der Waals surface area contributed by atoms with Crippen LogP contribution in [0.3, 0.4) is 0 Å². The maximum Gasteiger partial charge on any atom is 0.165 e. The van der Waals surface area contributed by atoms with E-state index in [4.69, 9.17) is 11.0 Å². The molecular weight excluding hydrogens is 212 g/mol. The average molecular weight is 232 g/mol. The van der Waals surface area contributed by atoms with E-state index in [9.17, 15) is 0 Å². The Morgan fingerprint density at radius 2 is 2.06 bits per heavy atom. The van der Waals surface area contributed by atoms with Crippen molar-refractivity contribution in [2.75, 3.05) is 11.1 Å². The third-order valence-electron chi connectivity index (χ3n) is 3.16. The maximum atomic E-state index is 8.86. The van der Waals surface area contributed by atoms with Crippen molar-refractivity contribution in [1.82, 2.24) is 4.98 Å². The monoisotopic (exact) mass is 232 g/mol. The number of anilines is 2. The van der Waals surface area contributed by atoms with Crippen molar-refractivity contribution < 1.29 is 0 Å². The molecule has 1 rings (SSSR count). The molecule has 17 heavy (non-hydrogen) atoms. The molecule has 0 aromatic carbocycles. The van der Waals surface area contributed by atoms with Gasteiger partial charge in [0.05, 0.1) is 5.69 Å². The number of hydrogen-bond donors (Lipinski definition) is 2. The quantitative estimate of drug-likeness (QED) is 0.818. The molecule has 1 aromatic heterocycles. The van der Waals surface area contributed by atoms with Crippen molar-refractivity contribution in [3.05, 3.63) is 17.8 Å². The van der Waals surface area contributed by atoms with Crippen LogP contribution in [0.15, 0.2) is 12.1 Å². The Kier molecular flexibility index (Phi) is 4.77. The molecule has 3 N–H and O–H groups in total. The highest BCUT2D eigenvalue weighted by Crippen LogP contribution is 2.18. The van der Waals surface area contributed by atoms with E-state index in [0.29, 0.717) is 17.6 Å². The van der Waals surface area contributed by atoms with E-state index in [1.165, 1.54) is 0 Å². The Morgan fingerprint density at radius 3 is 2.59 bits per heavy atom. The van der Waals surface area contributed by atoms with E-state index >= 15 is 0 Å². The number of pyridine rings is 1. The second-order valence-corrected chi connectivity index (χ2v) is 4.26. The maximum absolute atomic E-state index is 8.86. The zero-order valence-electron chi connectivity index (χ0n) is 10.7. The van der Waals surface area contributed by atoms with E-state index in [-0.39, 0.29) is 5.69 Å². The lowest BCUT2D eigenvalue weighted by molar-refractivity contribution is 0.437. The number of nitrogens with zero attached hydrogens (tertiary/aromatic N) is 2. The zero-order chi connectivity index (χ0) is 12.8. The SMILES string of the molecule is CCC(CC)C(C)Nc1ccc(N)c(C#N)n1. The Bertz CT molecular complexity index is 404. The first-order valence-electron chi connectivity index (χ1n) is 6.05. The Labute approximate surface area is 103 Å². The number of hydrogen-bond acceptors (Lipinski definition) is 4. The van der Waals surface area contributed by atoms with Crippen LogP contribution in [0, 0.1) is 17.2 Å².